The molecular weight excluding hydrogens is 334 g/mol. The number of esters is 1. The largest absolute Gasteiger partial charge is 0.459 e. The lowest BCUT2D eigenvalue weighted by Crippen LogP contribution is -2.22. The molecule has 1 aliphatic rings. The third-order valence-electron chi connectivity index (χ3n) is 3.48. The average Bonchev–Trinajstić information content (AvgIpc) is 2.46. The first-order valence-corrected chi connectivity index (χ1v) is 9.04. The van der Waals surface area contributed by atoms with Crippen LogP contribution in [0, 0.1) is 10.1 Å². The third-order valence-corrected chi connectivity index (χ3v) is 4.85. The highest BCUT2D eigenvalue weighted by atomic mass is 35.7. The lowest BCUT2D eigenvalue weighted by molar-refractivity contribution is -0.385. The van der Waals surface area contributed by atoms with Crippen molar-refractivity contribution in [3.63, 3.8) is 0 Å². The zero-order valence-electron chi connectivity index (χ0n) is 11.5. The van der Waals surface area contributed by atoms with Gasteiger partial charge in [-0.25, -0.2) is 13.2 Å². The van der Waals surface area contributed by atoms with Crippen LogP contribution >= 0.6 is 10.7 Å². The summed E-state index contributed by atoms with van der Waals surface area (Å²) in [5, 5.41) is 10.7. The maximum atomic E-state index is 12.1. The van der Waals surface area contributed by atoms with Gasteiger partial charge in [0.2, 0.25) is 0 Å². The van der Waals surface area contributed by atoms with E-state index in [4.69, 9.17) is 15.4 Å². The first-order chi connectivity index (χ1) is 10.3. The monoisotopic (exact) mass is 347 g/mol. The molecule has 7 nitrogen and oxygen atoms in total. The number of hydrogen-bond donors (Lipinski definition) is 0. The van der Waals surface area contributed by atoms with Gasteiger partial charge in [-0.3, -0.25) is 10.1 Å². The molecule has 1 aromatic carbocycles. The Bertz CT molecular complexity index is 696. The third kappa shape index (κ3) is 3.95. The Hall–Kier alpha value is -1.67. The molecule has 120 valence electrons. The number of hydrogen-bond acceptors (Lipinski definition) is 6. The summed E-state index contributed by atoms with van der Waals surface area (Å²) >= 11 is 0. The summed E-state index contributed by atoms with van der Waals surface area (Å²) in [6, 6.07) is 2.86. The second-order valence-corrected chi connectivity index (χ2v) is 7.58. The number of nitrogens with zero attached hydrogens (tertiary/aromatic N) is 1. The van der Waals surface area contributed by atoms with Crippen LogP contribution in [0.3, 0.4) is 0 Å². The van der Waals surface area contributed by atoms with E-state index in [1.807, 2.05) is 0 Å². The van der Waals surface area contributed by atoms with Crippen molar-refractivity contribution in [1.82, 2.24) is 0 Å². The van der Waals surface area contributed by atoms with E-state index >= 15 is 0 Å². The fourth-order valence-electron chi connectivity index (χ4n) is 2.39. The van der Waals surface area contributed by atoms with Crippen molar-refractivity contribution in [1.29, 1.82) is 0 Å². The maximum Gasteiger partial charge on any atom is 0.339 e. The molecule has 9 heteroatoms. The number of halogens is 1. The zero-order chi connectivity index (χ0) is 16.3. The highest BCUT2D eigenvalue weighted by molar-refractivity contribution is 8.13. The number of carbonyl (C=O) groups excluding carboxylic acids is 1. The van der Waals surface area contributed by atoms with Gasteiger partial charge in [-0.15, -0.1) is 0 Å². The van der Waals surface area contributed by atoms with E-state index in [0.29, 0.717) is 0 Å². The SMILES string of the molecule is O=C(OC1CCCCC1)c1ccc([N+](=O)[O-])cc1S(=O)(=O)Cl. The first kappa shape index (κ1) is 16.7. The Balaban J connectivity index is 2.32. The topological polar surface area (TPSA) is 104 Å². The molecule has 0 unspecified atom stereocenters. The molecular formula is C13H14ClNO6S. The molecule has 0 amide bonds. The van der Waals surface area contributed by atoms with Crippen molar-refractivity contribution in [2.75, 3.05) is 0 Å². The smallest absolute Gasteiger partial charge is 0.339 e. The summed E-state index contributed by atoms with van der Waals surface area (Å²) < 4.78 is 28.4. The van der Waals surface area contributed by atoms with E-state index in [0.717, 1.165) is 50.3 Å². The Morgan fingerprint density at radius 3 is 2.45 bits per heavy atom. The Morgan fingerprint density at radius 1 is 1.27 bits per heavy atom. The van der Waals surface area contributed by atoms with E-state index in [9.17, 15) is 23.3 Å². The summed E-state index contributed by atoms with van der Waals surface area (Å²) in [5.74, 6) is -0.832. The van der Waals surface area contributed by atoms with Crippen LogP contribution in [0.4, 0.5) is 5.69 Å². The molecule has 2 rings (SSSR count). The van der Waals surface area contributed by atoms with Crippen LogP contribution < -0.4 is 0 Å². The van der Waals surface area contributed by atoms with Crippen LogP contribution in [-0.2, 0) is 13.8 Å². The molecule has 0 N–H and O–H groups in total. The second-order valence-electron chi connectivity index (χ2n) is 5.04. The van der Waals surface area contributed by atoms with E-state index in [1.54, 1.807) is 0 Å². The van der Waals surface area contributed by atoms with Gasteiger partial charge in [0, 0.05) is 22.8 Å². The van der Waals surface area contributed by atoms with Crippen molar-refractivity contribution in [3.05, 3.63) is 33.9 Å². The number of non-ortho nitro benzene ring substituents is 1. The molecule has 0 saturated heterocycles. The average molecular weight is 348 g/mol. The van der Waals surface area contributed by atoms with Gasteiger partial charge in [0.05, 0.1) is 10.5 Å². The predicted octanol–water partition coefficient (Wildman–Crippen LogP) is 3.01. The molecule has 0 bridgehead atoms. The predicted molar refractivity (Wildman–Crippen MR) is 78.4 cm³/mol. The fraction of sp³-hybridized carbons (Fsp3) is 0.462. The van der Waals surface area contributed by atoms with Crippen molar-refractivity contribution >= 4 is 31.4 Å². The molecule has 0 spiro atoms. The molecule has 1 saturated carbocycles. The van der Waals surface area contributed by atoms with Crippen LogP contribution in [-0.4, -0.2) is 25.4 Å². The quantitative estimate of drug-likeness (QED) is 0.359. The molecule has 0 radical (unpaired) electrons. The molecule has 0 heterocycles. The van der Waals surface area contributed by atoms with Crippen molar-refractivity contribution < 1.29 is 22.9 Å². The fourth-order valence-corrected chi connectivity index (χ4v) is 3.45. The molecule has 0 aromatic heterocycles. The minimum absolute atomic E-state index is 0.262. The summed E-state index contributed by atoms with van der Waals surface area (Å²) in [6.07, 6.45) is 4.15. The van der Waals surface area contributed by atoms with E-state index in [-0.39, 0.29) is 11.7 Å². The number of nitro benzene ring substituents is 1. The van der Waals surface area contributed by atoms with Gasteiger partial charge in [0.15, 0.2) is 0 Å². The molecule has 0 aliphatic heterocycles. The molecule has 22 heavy (non-hydrogen) atoms. The van der Waals surface area contributed by atoms with Gasteiger partial charge in [0.25, 0.3) is 14.7 Å². The van der Waals surface area contributed by atoms with Crippen LogP contribution in [0.25, 0.3) is 0 Å². The van der Waals surface area contributed by atoms with Crippen molar-refractivity contribution in [2.24, 2.45) is 0 Å². The number of carbonyl (C=O) groups is 1. The van der Waals surface area contributed by atoms with Crippen LogP contribution in [0.15, 0.2) is 23.1 Å². The van der Waals surface area contributed by atoms with Crippen LogP contribution in [0.2, 0.25) is 0 Å². The van der Waals surface area contributed by atoms with Gasteiger partial charge in [-0.2, -0.15) is 0 Å². The summed E-state index contributed by atoms with van der Waals surface area (Å²) in [6.45, 7) is 0. The first-order valence-electron chi connectivity index (χ1n) is 6.73. The number of rotatable bonds is 4. The minimum atomic E-state index is -4.31. The molecule has 1 aliphatic carbocycles. The van der Waals surface area contributed by atoms with E-state index < -0.39 is 30.5 Å². The Labute approximate surface area is 131 Å². The van der Waals surface area contributed by atoms with Gasteiger partial charge < -0.3 is 4.74 Å². The summed E-state index contributed by atoms with van der Waals surface area (Å²) in [4.78, 5) is 21.5. The summed E-state index contributed by atoms with van der Waals surface area (Å²) in [5.41, 5.74) is -0.750. The van der Waals surface area contributed by atoms with Gasteiger partial charge in [-0.1, -0.05) is 6.42 Å². The number of benzene rings is 1. The van der Waals surface area contributed by atoms with Crippen molar-refractivity contribution in [3.8, 4) is 0 Å². The zero-order valence-corrected chi connectivity index (χ0v) is 13.1. The highest BCUT2D eigenvalue weighted by Crippen LogP contribution is 2.27. The Kier molecular flexibility index (Phi) is 5.02. The number of nitro groups is 1. The standard InChI is InChI=1S/C13H14ClNO6S/c14-22(19,20)12-8-9(15(17)18)6-7-11(12)13(16)21-10-4-2-1-3-5-10/h6-8,10H,1-5H2. The molecule has 1 fully saturated rings. The Morgan fingerprint density at radius 2 is 1.91 bits per heavy atom. The minimum Gasteiger partial charge on any atom is -0.459 e. The lowest BCUT2D eigenvalue weighted by Gasteiger charge is -2.22. The number of ether oxygens (including phenoxy) is 1. The van der Waals surface area contributed by atoms with Crippen molar-refractivity contribution in [2.45, 2.75) is 43.1 Å². The van der Waals surface area contributed by atoms with Gasteiger partial charge in [-0.05, 0) is 31.7 Å². The van der Waals surface area contributed by atoms with Crippen LogP contribution in [0.1, 0.15) is 42.5 Å². The van der Waals surface area contributed by atoms with Gasteiger partial charge >= 0.3 is 5.97 Å². The lowest BCUT2D eigenvalue weighted by atomic mass is 9.98. The second kappa shape index (κ2) is 6.62. The van der Waals surface area contributed by atoms with E-state index in [1.165, 1.54) is 0 Å². The van der Waals surface area contributed by atoms with E-state index in [2.05, 4.69) is 0 Å². The maximum absolute atomic E-state index is 12.1. The summed E-state index contributed by atoms with van der Waals surface area (Å²) in [7, 11) is 0.961. The highest BCUT2D eigenvalue weighted by Gasteiger charge is 2.27. The molecule has 1 aromatic rings. The van der Waals surface area contributed by atoms with Crippen LogP contribution in [0.5, 0.6) is 0 Å². The normalized spacial score (nSPS) is 16.2. The van der Waals surface area contributed by atoms with Gasteiger partial charge in [0.1, 0.15) is 11.0 Å². The molecule has 0 atom stereocenters.